The molecule has 0 aromatic heterocycles. The maximum absolute atomic E-state index is 6.18. The van der Waals surface area contributed by atoms with Crippen LogP contribution in [0.1, 0.15) is 29.5 Å². The van der Waals surface area contributed by atoms with Gasteiger partial charge in [-0.25, -0.2) is 4.99 Å². The molecule has 1 fully saturated rings. The SMILES string of the molecule is [B]c1cc(OCC2CC2)cc(C2(c3ccc(OC)c(C)c3)COC(N)=N2)c1. The molecular weight excluding hydrogens is 339 g/mol. The van der Waals surface area contributed by atoms with Crippen LogP contribution in [0, 0.1) is 12.8 Å². The van der Waals surface area contributed by atoms with Gasteiger partial charge in [0, 0.05) is 0 Å². The molecular formula is C21H23BN2O3. The number of ether oxygens (including phenoxy) is 3. The fourth-order valence-electron chi connectivity index (χ4n) is 3.47. The van der Waals surface area contributed by atoms with E-state index in [1.807, 2.05) is 37.3 Å². The zero-order valence-electron chi connectivity index (χ0n) is 15.7. The summed E-state index contributed by atoms with van der Waals surface area (Å²) in [7, 11) is 7.84. The average Bonchev–Trinajstić information content (AvgIpc) is 3.40. The quantitative estimate of drug-likeness (QED) is 0.800. The van der Waals surface area contributed by atoms with E-state index < -0.39 is 5.54 Å². The Balaban J connectivity index is 1.77. The van der Waals surface area contributed by atoms with Crippen molar-refractivity contribution in [1.29, 1.82) is 0 Å². The average molecular weight is 362 g/mol. The molecule has 0 spiro atoms. The number of nitrogens with zero attached hydrogens (tertiary/aromatic N) is 1. The molecule has 2 radical (unpaired) electrons. The minimum atomic E-state index is -0.756. The Kier molecular flexibility index (Phi) is 4.50. The molecule has 0 saturated heterocycles. The van der Waals surface area contributed by atoms with Crippen LogP contribution in [0.2, 0.25) is 0 Å². The van der Waals surface area contributed by atoms with Gasteiger partial charge in [0.1, 0.15) is 26.0 Å². The van der Waals surface area contributed by atoms with Gasteiger partial charge in [0.05, 0.1) is 13.7 Å². The Bertz CT molecular complexity index is 895. The first-order valence-corrected chi connectivity index (χ1v) is 9.17. The molecule has 0 amide bonds. The van der Waals surface area contributed by atoms with E-state index in [-0.39, 0.29) is 6.02 Å². The van der Waals surface area contributed by atoms with Crippen molar-refractivity contribution in [1.82, 2.24) is 0 Å². The molecule has 1 atom stereocenters. The smallest absolute Gasteiger partial charge is 0.283 e. The van der Waals surface area contributed by atoms with E-state index in [0.717, 1.165) is 34.8 Å². The van der Waals surface area contributed by atoms with Crippen LogP contribution >= 0.6 is 0 Å². The van der Waals surface area contributed by atoms with Crippen LogP contribution in [-0.4, -0.2) is 34.2 Å². The number of nitrogens with two attached hydrogens (primary N) is 1. The lowest BCUT2D eigenvalue weighted by atomic mass is 9.80. The molecule has 2 aromatic carbocycles. The van der Waals surface area contributed by atoms with Gasteiger partial charge in [-0.1, -0.05) is 17.6 Å². The predicted molar refractivity (Wildman–Crippen MR) is 106 cm³/mol. The van der Waals surface area contributed by atoms with Gasteiger partial charge in [0.25, 0.3) is 6.02 Å². The van der Waals surface area contributed by atoms with Crippen molar-refractivity contribution in [2.75, 3.05) is 20.3 Å². The number of methoxy groups -OCH3 is 1. The second-order valence-corrected chi connectivity index (χ2v) is 7.33. The molecule has 1 aliphatic heterocycles. The summed E-state index contributed by atoms with van der Waals surface area (Å²) in [6.45, 7) is 3.04. The van der Waals surface area contributed by atoms with E-state index in [9.17, 15) is 0 Å². The van der Waals surface area contributed by atoms with E-state index in [0.29, 0.717) is 18.0 Å². The van der Waals surface area contributed by atoms with Gasteiger partial charge >= 0.3 is 0 Å². The minimum Gasteiger partial charge on any atom is -0.496 e. The zero-order valence-corrected chi connectivity index (χ0v) is 15.7. The molecule has 2 aliphatic rings. The second-order valence-electron chi connectivity index (χ2n) is 7.33. The van der Waals surface area contributed by atoms with Crippen LogP contribution < -0.4 is 20.7 Å². The standard InChI is InChI=1S/C21H23BN2O3/c1-13-7-15(5-6-19(13)25-2)21(12-27-20(23)24-21)16-8-17(22)10-18(9-16)26-11-14-3-4-14/h5-10,14H,3-4,11-12H2,1-2H3,(H2,23,24). The summed E-state index contributed by atoms with van der Waals surface area (Å²) in [6, 6.07) is 11.9. The van der Waals surface area contributed by atoms with Crippen molar-refractivity contribution in [3.8, 4) is 11.5 Å². The van der Waals surface area contributed by atoms with Gasteiger partial charge in [0.2, 0.25) is 0 Å². The number of amidine groups is 1. The molecule has 4 rings (SSSR count). The van der Waals surface area contributed by atoms with Crippen LogP contribution in [0.25, 0.3) is 0 Å². The topological polar surface area (TPSA) is 66.1 Å². The molecule has 1 unspecified atom stereocenters. The fraction of sp³-hybridized carbons (Fsp3) is 0.381. The zero-order chi connectivity index (χ0) is 19.0. The summed E-state index contributed by atoms with van der Waals surface area (Å²) in [5.74, 6) is 2.24. The lowest BCUT2D eigenvalue weighted by Gasteiger charge is -2.27. The molecule has 27 heavy (non-hydrogen) atoms. The third kappa shape index (κ3) is 3.48. The van der Waals surface area contributed by atoms with Gasteiger partial charge < -0.3 is 19.9 Å². The molecule has 1 saturated carbocycles. The van der Waals surface area contributed by atoms with Crippen LogP contribution in [-0.2, 0) is 10.3 Å². The van der Waals surface area contributed by atoms with Gasteiger partial charge in [-0.05, 0) is 66.6 Å². The monoisotopic (exact) mass is 362 g/mol. The third-order valence-electron chi connectivity index (χ3n) is 5.19. The first-order valence-electron chi connectivity index (χ1n) is 9.17. The number of hydrogen-bond acceptors (Lipinski definition) is 5. The van der Waals surface area contributed by atoms with E-state index in [1.54, 1.807) is 7.11 Å². The minimum absolute atomic E-state index is 0.173. The maximum Gasteiger partial charge on any atom is 0.283 e. The lowest BCUT2D eigenvalue weighted by Crippen LogP contribution is -2.28. The van der Waals surface area contributed by atoms with Crippen molar-refractivity contribution in [3.05, 3.63) is 53.1 Å². The Morgan fingerprint density at radius 3 is 2.67 bits per heavy atom. The molecule has 2 N–H and O–H groups in total. The highest BCUT2D eigenvalue weighted by Crippen LogP contribution is 2.40. The Hall–Kier alpha value is -2.63. The van der Waals surface area contributed by atoms with Gasteiger partial charge in [-0.2, -0.15) is 0 Å². The summed E-state index contributed by atoms with van der Waals surface area (Å²) in [5.41, 5.74) is 8.67. The summed E-state index contributed by atoms with van der Waals surface area (Å²) in [4.78, 5) is 4.67. The van der Waals surface area contributed by atoms with E-state index in [1.165, 1.54) is 12.8 Å². The first-order chi connectivity index (χ1) is 13.0. The van der Waals surface area contributed by atoms with Gasteiger partial charge in [-0.3, -0.25) is 0 Å². The first kappa shape index (κ1) is 17.8. The number of rotatable bonds is 6. The van der Waals surface area contributed by atoms with Crippen molar-refractivity contribution in [2.45, 2.75) is 25.3 Å². The van der Waals surface area contributed by atoms with Crippen molar-refractivity contribution < 1.29 is 14.2 Å². The Morgan fingerprint density at radius 2 is 2.04 bits per heavy atom. The summed E-state index contributed by atoms with van der Waals surface area (Å²) < 4.78 is 16.9. The highest BCUT2D eigenvalue weighted by Gasteiger charge is 2.40. The number of aliphatic imine (C=N–C) groups is 1. The molecule has 1 heterocycles. The van der Waals surface area contributed by atoms with E-state index in [4.69, 9.17) is 27.8 Å². The van der Waals surface area contributed by atoms with E-state index >= 15 is 0 Å². The molecule has 138 valence electrons. The number of aryl methyl sites for hydroxylation is 1. The number of hydrogen-bond donors (Lipinski definition) is 1. The highest BCUT2D eigenvalue weighted by atomic mass is 16.5. The number of benzene rings is 2. The Morgan fingerprint density at radius 1 is 1.22 bits per heavy atom. The van der Waals surface area contributed by atoms with Crippen molar-refractivity contribution in [3.63, 3.8) is 0 Å². The summed E-state index contributed by atoms with van der Waals surface area (Å²) in [5, 5.41) is 0. The second kappa shape index (κ2) is 6.84. The lowest BCUT2D eigenvalue weighted by molar-refractivity contribution is 0.276. The summed E-state index contributed by atoms with van der Waals surface area (Å²) >= 11 is 0. The van der Waals surface area contributed by atoms with Crippen LogP contribution in [0.3, 0.4) is 0 Å². The predicted octanol–water partition coefficient (Wildman–Crippen LogP) is 2.17. The van der Waals surface area contributed by atoms with Gasteiger partial charge in [-0.15, -0.1) is 0 Å². The molecule has 2 aromatic rings. The highest BCUT2D eigenvalue weighted by molar-refractivity contribution is 6.32. The van der Waals surface area contributed by atoms with Crippen LogP contribution in [0.4, 0.5) is 0 Å². The summed E-state index contributed by atoms with van der Waals surface area (Å²) in [6.07, 6.45) is 2.47. The fourth-order valence-corrected chi connectivity index (χ4v) is 3.47. The maximum atomic E-state index is 6.18. The largest absolute Gasteiger partial charge is 0.496 e. The molecule has 6 heteroatoms. The van der Waals surface area contributed by atoms with E-state index in [2.05, 4.69) is 11.1 Å². The molecule has 5 nitrogen and oxygen atoms in total. The van der Waals surface area contributed by atoms with Gasteiger partial charge in [0.15, 0.2) is 5.54 Å². The van der Waals surface area contributed by atoms with Crippen LogP contribution in [0.5, 0.6) is 11.5 Å². The molecule has 1 aliphatic carbocycles. The molecule has 0 bridgehead atoms. The third-order valence-corrected chi connectivity index (χ3v) is 5.19. The normalized spacial score (nSPS) is 21.5. The van der Waals surface area contributed by atoms with Crippen LogP contribution in [0.15, 0.2) is 41.4 Å². The Labute approximate surface area is 160 Å². The van der Waals surface area contributed by atoms with Crippen molar-refractivity contribution >= 4 is 19.3 Å². The van der Waals surface area contributed by atoms with Crippen molar-refractivity contribution in [2.24, 2.45) is 16.6 Å².